The van der Waals surface area contributed by atoms with Crippen LogP contribution in [0.4, 0.5) is 41.1 Å². The summed E-state index contributed by atoms with van der Waals surface area (Å²) in [5, 5.41) is 7.91. The Bertz CT molecular complexity index is 1220. The van der Waals surface area contributed by atoms with Crippen molar-refractivity contribution in [2.24, 2.45) is 0 Å². The second-order valence-corrected chi connectivity index (χ2v) is 8.33. The van der Waals surface area contributed by atoms with Gasteiger partial charge in [0.15, 0.2) is 0 Å². The molecule has 4 rings (SSSR count). The van der Waals surface area contributed by atoms with Gasteiger partial charge in [0.25, 0.3) is 0 Å². The van der Waals surface area contributed by atoms with Gasteiger partial charge in [0.2, 0.25) is 0 Å². The van der Waals surface area contributed by atoms with Crippen LogP contribution in [0.2, 0.25) is 0 Å². The summed E-state index contributed by atoms with van der Waals surface area (Å²) in [7, 11) is 1.54. The minimum Gasteiger partial charge on any atom is -0.495 e. The zero-order valence-electron chi connectivity index (χ0n) is 20.0. The number of anilines is 4. The number of nitrogens with one attached hydrogen (secondary N) is 3. The maximum atomic E-state index is 13.8. The molecule has 3 aromatic rings. The van der Waals surface area contributed by atoms with E-state index in [2.05, 4.69) is 20.9 Å². The number of para-hydroxylation sites is 1. The van der Waals surface area contributed by atoms with Gasteiger partial charge in [0.05, 0.1) is 12.8 Å². The minimum absolute atomic E-state index is 0.391. The van der Waals surface area contributed by atoms with Crippen LogP contribution in [0.1, 0.15) is 5.56 Å². The molecule has 3 aromatic carbocycles. The molecule has 1 saturated heterocycles. The molecule has 1 aliphatic heterocycles. The highest BCUT2D eigenvalue weighted by Crippen LogP contribution is 2.26. The molecule has 0 spiro atoms. The third-order valence-electron chi connectivity index (χ3n) is 5.86. The van der Waals surface area contributed by atoms with Crippen molar-refractivity contribution in [3.05, 3.63) is 77.9 Å². The van der Waals surface area contributed by atoms with E-state index in [1.807, 2.05) is 31.2 Å². The lowest BCUT2D eigenvalue weighted by atomic mass is 10.2. The molecule has 10 heteroatoms. The van der Waals surface area contributed by atoms with Crippen LogP contribution in [0.3, 0.4) is 0 Å². The lowest BCUT2D eigenvalue weighted by Crippen LogP contribution is -2.50. The fourth-order valence-corrected chi connectivity index (χ4v) is 3.93. The van der Waals surface area contributed by atoms with Crippen LogP contribution in [0.5, 0.6) is 5.75 Å². The van der Waals surface area contributed by atoms with Gasteiger partial charge in [-0.25, -0.2) is 18.4 Å². The summed E-state index contributed by atoms with van der Waals surface area (Å²) in [6, 6.07) is 15.4. The zero-order chi connectivity index (χ0) is 25.7. The quantitative estimate of drug-likeness (QED) is 0.450. The van der Waals surface area contributed by atoms with Gasteiger partial charge in [-0.2, -0.15) is 0 Å². The van der Waals surface area contributed by atoms with E-state index in [1.54, 1.807) is 25.3 Å². The molecule has 0 unspecified atom stereocenters. The lowest BCUT2D eigenvalue weighted by molar-refractivity contribution is 0.208. The van der Waals surface area contributed by atoms with Crippen LogP contribution in [0.25, 0.3) is 0 Å². The first-order valence-electron chi connectivity index (χ1n) is 11.4. The highest BCUT2D eigenvalue weighted by atomic mass is 19.1. The zero-order valence-corrected chi connectivity index (χ0v) is 20.0. The monoisotopic (exact) mass is 495 g/mol. The second-order valence-electron chi connectivity index (χ2n) is 8.33. The predicted octanol–water partition coefficient (Wildman–Crippen LogP) is 5.28. The number of urea groups is 2. The van der Waals surface area contributed by atoms with Crippen molar-refractivity contribution in [2.75, 3.05) is 54.1 Å². The number of carbonyl (C=O) groups is 2. The number of halogens is 2. The molecular formula is C26H27F2N5O3. The first kappa shape index (κ1) is 24.8. The molecule has 1 heterocycles. The van der Waals surface area contributed by atoms with Crippen LogP contribution in [0.15, 0.2) is 60.7 Å². The fourth-order valence-electron chi connectivity index (χ4n) is 3.93. The van der Waals surface area contributed by atoms with Crippen molar-refractivity contribution in [1.82, 2.24) is 4.90 Å². The molecule has 0 aliphatic carbocycles. The molecule has 1 fully saturated rings. The summed E-state index contributed by atoms with van der Waals surface area (Å²) in [6.07, 6.45) is 0. The Morgan fingerprint density at radius 3 is 2.17 bits per heavy atom. The molecule has 3 N–H and O–H groups in total. The average molecular weight is 496 g/mol. The van der Waals surface area contributed by atoms with Gasteiger partial charge >= 0.3 is 12.1 Å². The van der Waals surface area contributed by atoms with E-state index < -0.39 is 29.4 Å². The summed E-state index contributed by atoms with van der Waals surface area (Å²) < 4.78 is 32.9. The Kier molecular flexibility index (Phi) is 7.53. The number of benzene rings is 3. The number of methoxy groups -OCH3 is 1. The van der Waals surface area contributed by atoms with E-state index >= 15 is 0 Å². The number of amides is 4. The van der Waals surface area contributed by atoms with E-state index in [0.29, 0.717) is 43.3 Å². The first-order chi connectivity index (χ1) is 17.3. The average Bonchev–Trinajstić information content (AvgIpc) is 2.87. The van der Waals surface area contributed by atoms with E-state index in [9.17, 15) is 18.4 Å². The summed E-state index contributed by atoms with van der Waals surface area (Å²) in [5.41, 5.74) is 2.67. The SMILES string of the molecule is COc1ccc(C)cc1NC(=O)Nc1ccc(N2CCN(C(=O)Nc3c(F)cccc3F)CC2)cc1. The Morgan fingerprint density at radius 2 is 1.53 bits per heavy atom. The minimum atomic E-state index is -0.817. The summed E-state index contributed by atoms with van der Waals surface area (Å²) in [4.78, 5) is 28.5. The lowest BCUT2D eigenvalue weighted by Gasteiger charge is -2.36. The number of hydrogen-bond donors (Lipinski definition) is 3. The Morgan fingerprint density at radius 1 is 0.861 bits per heavy atom. The molecule has 36 heavy (non-hydrogen) atoms. The van der Waals surface area contributed by atoms with Crippen molar-refractivity contribution >= 4 is 34.8 Å². The molecular weight excluding hydrogens is 468 g/mol. The second kappa shape index (κ2) is 10.9. The fraction of sp³-hybridized carbons (Fsp3) is 0.231. The maximum absolute atomic E-state index is 13.8. The summed E-state index contributed by atoms with van der Waals surface area (Å²) in [5.74, 6) is -1.07. The van der Waals surface area contributed by atoms with Crippen molar-refractivity contribution in [1.29, 1.82) is 0 Å². The number of hydrogen-bond acceptors (Lipinski definition) is 4. The third-order valence-corrected chi connectivity index (χ3v) is 5.86. The summed E-state index contributed by atoms with van der Waals surface area (Å²) >= 11 is 0. The van der Waals surface area contributed by atoms with Gasteiger partial charge in [-0.3, -0.25) is 0 Å². The van der Waals surface area contributed by atoms with Gasteiger partial charge in [-0.1, -0.05) is 12.1 Å². The van der Waals surface area contributed by atoms with E-state index in [1.165, 1.54) is 11.0 Å². The molecule has 8 nitrogen and oxygen atoms in total. The molecule has 0 aromatic heterocycles. The molecule has 0 bridgehead atoms. The summed E-state index contributed by atoms with van der Waals surface area (Å²) in [6.45, 7) is 3.81. The molecule has 188 valence electrons. The van der Waals surface area contributed by atoms with E-state index in [4.69, 9.17) is 4.74 Å². The Hall–Kier alpha value is -4.34. The normalized spacial score (nSPS) is 13.2. The Balaban J connectivity index is 1.29. The number of ether oxygens (including phenoxy) is 1. The molecule has 1 aliphatic rings. The van der Waals surface area contributed by atoms with Crippen molar-refractivity contribution in [3.8, 4) is 5.75 Å². The molecule has 0 radical (unpaired) electrons. The van der Waals surface area contributed by atoms with Crippen molar-refractivity contribution < 1.29 is 23.1 Å². The maximum Gasteiger partial charge on any atom is 0.323 e. The molecule has 4 amide bonds. The number of rotatable bonds is 5. The highest BCUT2D eigenvalue weighted by molar-refractivity contribution is 6.00. The topological polar surface area (TPSA) is 85.9 Å². The van der Waals surface area contributed by atoms with Crippen molar-refractivity contribution in [2.45, 2.75) is 6.92 Å². The highest BCUT2D eigenvalue weighted by Gasteiger charge is 2.23. The number of carbonyl (C=O) groups excluding carboxylic acids is 2. The van der Waals surface area contributed by atoms with Gasteiger partial charge in [0.1, 0.15) is 23.1 Å². The van der Waals surface area contributed by atoms with E-state index in [0.717, 1.165) is 23.4 Å². The predicted molar refractivity (Wildman–Crippen MR) is 136 cm³/mol. The first-order valence-corrected chi connectivity index (χ1v) is 11.4. The van der Waals surface area contributed by atoms with Crippen LogP contribution in [-0.4, -0.2) is 50.3 Å². The van der Waals surface area contributed by atoms with Crippen LogP contribution in [-0.2, 0) is 0 Å². The number of piperazine rings is 1. The van der Waals surface area contributed by atoms with Crippen LogP contribution < -0.4 is 25.6 Å². The molecule has 0 saturated carbocycles. The smallest absolute Gasteiger partial charge is 0.323 e. The Labute approximate surface area is 207 Å². The van der Waals surface area contributed by atoms with Gasteiger partial charge in [0, 0.05) is 37.6 Å². The van der Waals surface area contributed by atoms with Gasteiger partial charge in [-0.15, -0.1) is 0 Å². The number of aryl methyl sites for hydroxylation is 1. The molecule has 0 atom stereocenters. The largest absolute Gasteiger partial charge is 0.495 e. The standard InChI is InChI=1S/C26H27F2N5O3/c1-17-6-11-23(36-2)22(16-17)30-25(34)29-18-7-9-19(10-8-18)32-12-14-33(15-13-32)26(35)31-24-20(27)4-3-5-21(24)28/h3-11,16H,12-15H2,1-2H3,(H,31,35)(H2,29,30,34). The van der Waals surface area contributed by atoms with E-state index in [-0.39, 0.29) is 0 Å². The number of nitrogens with zero attached hydrogens (tertiary/aromatic N) is 2. The van der Waals surface area contributed by atoms with Gasteiger partial charge < -0.3 is 30.5 Å². The van der Waals surface area contributed by atoms with Crippen LogP contribution in [0, 0.1) is 18.6 Å². The van der Waals surface area contributed by atoms with Crippen LogP contribution >= 0.6 is 0 Å². The van der Waals surface area contributed by atoms with Crippen molar-refractivity contribution in [3.63, 3.8) is 0 Å². The third kappa shape index (κ3) is 5.83. The van der Waals surface area contributed by atoms with Gasteiger partial charge in [-0.05, 0) is 61.0 Å².